The minimum Gasteiger partial charge on any atom is -0.508 e. The van der Waals surface area contributed by atoms with Gasteiger partial charge in [-0.1, -0.05) is 43.5 Å². The van der Waals surface area contributed by atoms with E-state index in [2.05, 4.69) is 24.5 Å². The van der Waals surface area contributed by atoms with Gasteiger partial charge in [-0.2, -0.15) is 4.39 Å². The highest BCUT2D eigenvalue weighted by atomic mass is 19.2. The molecule has 3 nitrogen and oxygen atoms in total. The number of ether oxygens (including phenoxy) is 2. The lowest BCUT2D eigenvalue weighted by molar-refractivity contribution is 0.0380. The third-order valence-electron chi connectivity index (χ3n) is 5.89. The molecule has 2 aromatic rings. The summed E-state index contributed by atoms with van der Waals surface area (Å²) in [5.74, 6) is -4.74. The molecule has 0 aromatic heterocycles. The van der Waals surface area contributed by atoms with E-state index in [0.717, 1.165) is 0 Å². The Morgan fingerprint density at radius 3 is 2.11 bits per heavy atom. The van der Waals surface area contributed by atoms with Gasteiger partial charge in [0.2, 0.25) is 0 Å². The van der Waals surface area contributed by atoms with Gasteiger partial charge < -0.3 is 14.6 Å². The Labute approximate surface area is 210 Å². The summed E-state index contributed by atoms with van der Waals surface area (Å²) in [6, 6.07) is 9.03. The van der Waals surface area contributed by atoms with Gasteiger partial charge in [-0.05, 0) is 61.8 Å². The average molecular weight is 505 g/mol. The van der Waals surface area contributed by atoms with Crippen molar-refractivity contribution in [2.24, 2.45) is 0 Å². The van der Waals surface area contributed by atoms with Gasteiger partial charge in [0.05, 0.1) is 19.8 Å². The van der Waals surface area contributed by atoms with Crippen LogP contribution in [0.5, 0.6) is 5.75 Å². The highest BCUT2D eigenvalue weighted by molar-refractivity contribution is 5.65. The van der Waals surface area contributed by atoms with E-state index in [1.165, 1.54) is 31.4 Å². The van der Waals surface area contributed by atoms with Crippen molar-refractivity contribution in [1.29, 1.82) is 0 Å². The van der Waals surface area contributed by atoms with Crippen molar-refractivity contribution in [3.8, 4) is 16.9 Å². The normalized spacial score (nSPS) is 17.8. The number of allylic oxidation sites excluding steroid dienone is 2. The van der Waals surface area contributed by atoms with Gasteiger partial charge in [-0.25, -0.2) is 13.2 Å². The summed E-state index contributed by atoms with van der Waals surface area (Å²) in [6.45, 7) is 11.8. The first-order chi connectivity index (χ1) is 17.1. The van der Waals surface area contributed by atoms with Gasteiger partial charge in [0.25, 0.3) is 0 Å². The molecule has 194 valence electrons. The van der Waals surface area contributed by atoms with Crippen molar-refractivity contribution in [3.05, 3.63) is 102 Å². The zero-order valence-corrected chi connectivity index (χ0v) is 20.6. The number of benzene rings is 2. The Kier molecular flexibility index (Phi) is 11.0. The predicted molar refractivity (Wildman–Crippen MR) is 135 cm³/mol. The average Bonchev–Trinajstić information content (AvgIpc) is 2.89. The number of hydrogen-bond donors (Lipinski definition) is 1. The molecule has 0 spiro atoms. The van der Waals surface area contributed by atoms with Crippen LogP contribution in [0, 0.1) is 11.6 Å². The van der Waals surface area contributed by atoms with Gasteiger partial charge in [-0.3, -0.25) is 0 Å². The Morgan fingerprint density at radius 2 is 1.56 bits per heavy atom. The number of phenols is 1. The van der Waals surface area contributed by atoms with Crippen molar-refractivity contribution in [2.75, 3.05) is 13.7 Å². The molecule has 1 saturated carbocycles. The molecule has 1 aliphatic rings. The van der Waals surface area contributed by atoms with Gasteiger partial charge in [0.1, 0.15) is 11.5 Å². The molecule has 36 heavy (non-hydrogen) atoms. The Bertz CT molecular complexity index is 1100. The topological polar surface area (TPSA) is 38.7 Å². The fourth-order valence-corrected chi connectivity index (χ4v) is 3.93. The molecule has 0 unspecified atom stereocenters. The van der Waals surface area contributed by atoms with Crippen LogP contribution in [0.2, 0.25) is 0 Å². The lowest BCUT2D eigenvalue weighted by Crippen LogP contribution is -2.22. The van der Waals surface area contributed by atoms with Crippen LogP contribution in [0.3, 0.4) is 0 Å². The smallest absolute Gasteiger partial charge is 0.200 e. The fraction of sp³-hybridized carbons (Fsp3) is 0.310. The van der Waals surface area contributed by atoms with Crippen molar-refractivity contribution >= 4 is 0 Å². The van der Waals surface area contributed by atoms with E-state index < -0.39 is 29.0 Å². The first-order valence-electron chi connectivity index (χ1n) is 11.6. The Morgan fingerprint density at radius 1 is 0.972 bits per heavy atom. The summed E-state index contributed by atoms with van der Waals surface area (Å²) in [5, 5.41) is 9.39. The first-order valence-corrected chi connectivity index (χ1v) is 11.6. The highest BCUT2D eigenvalue weighted by Crippen LogP contribution is 2.38. The second-order valence-electron chi connectivity index (χ2n) is 8.43. The van der Waals surface area contributed by atoms with E-state index in [4.69, 9.17) is 4.74 Å². The van der Waals surface area contributed by atoms with Crippen LogP contribution in [-0.2, 0) is 9.47 Å². The summed E-state index contributed by atoms with van der Waals surface area (Å²) in [7, 11) is 1.18. The fourth-order valence-electron chi connectivity index (χ4n) is 3.93. The molecular weight excluding hydrogens is 472 g/mol. The summed E-state index contributed by atoms with van der Waals surface area (Å²) in [4.78, 5) is 0. The van der Waals surface area contributed by atoms with Crippen LogP contribution in [0.4, 0.5) is 17.6 Å². The van der Waals surface area contributed by atoms with E-state index in [1.54, 1.807) is 18.2 Å². The summed E-state index contributed by atoms with van der Waals surface area (Å²) < 4.78 is 67.6. The van der Waals surface area contributed by atoms with E-state index in [1.807, 2.05) is 6.92 Å². The summed E-state index contributed by atoms with van der Waals surface area (Å²) >= 11 is 0. The lowest BCUT2D eigenvalue weighted by atomic mass is 9.82. The molecule has 0 amide bonds. The number of hydrogen-bond acceptors (Lipinski definition) is 3. The van der Waals surface area contributed by atoms with Crippen LogP contribution in [0.1, 0.15) is 44.1 Å². The zero-order valence-electron chi connectivity index (χ0n) is 20.6. The lowest BCUT2D eigenvalue weighted by Gasteiger charge is -2.29. The minimum absolute atomic E-state index is 0.0446. The van der Waals surface area contributed by atoms with Crippen LogP contribution in [-0.4, -0.2) is 24.9 Å². The van der Waals surface area contributed by atoms with E-state index in [0.29, 0.717) is 36.8 Å². The maximum Gasteiger partial charge on any atom is 0.200 e. The molecule has 0 radical (unpaired) electrons. The Hall–Kier alpha value is -3.32. The molecule has 0 aliphatic heterocycles. The minimum atomic E-state index is -1.22. The number of methoxy groups -OCH3 is 1. The van der Waals surface area contributed by atoms with Gasteiger partial charge in [0.15, 0.2) is 23.3 Å². The van der Waals surface area contributed by atoms with Crippen LogP contribution >= 0.6 is 0 Å². The van der Waals surface area contributed by atoms with Gasteiger partial charge in [0, 0.05) is 11.1 Å². The number of aromatic hydroxyl groups is 1. The maximum atomic E-state index is 14.9. The number of phenolic OH excluding ortho intramolecular Hbond substituents is 1. The summed E-state index contributed by atoms with van der Waals surface area (Å²) in [5.41, 5.74) is 0.753. The molecule has 2 aromatic carbocycles. The van der Waals surface area contributed by atoms with E-state index >= 15 is 0 Å². The van der Waals surface area contributed by atoms with Crippen LogP contribution in [0.25, 0.3) is 11.1 Å². The third kappa shape index (κ3) is 7.34. The largest absolute Gasteiger partial charge is 0.508 e. The van der Waals surface area contributed by atoms with Crippen molar-refractivity contribution in [3.63, 3.8) is 0 Å². The van der Waals surface area contributed by atoms with Crippen molar-refractivity contribution in [1.82, 2.24) is 0 Å². The zero-order chi connectivity index (χ0) is 26.8. The van der Waals surface area contributed by atoms with E-state index in [9.17, 15) is 22.7 Å². The van der Waals surface area contributed by atoms with Crippen LogP contribution in [0.15, 0.2) is 85.2 Å². The number of rotatable bonds is 8. The molecule has 0 atom stereocenters. The Balaban J connectivity index is 0.00000145. The number of halogens is 4. The predicted octanol–water partition coefficient (Wildman–Crippen LogP) is 8.44. The third-order valence-corrected chi connectivity index (χ3v) is 5.89. The second kappa shape index (κ2) is 13.7. The standard InChI is InChI=1S/C26H26F4O3.C3H6/c1-15(23(27)24(28)16(2)32-3)14-33-20-10-6-18(7-11-20)22-13-12-21(25(29)26(22)30)17-4-8-19(31)9-5-17;1-3-2/h4-5,8-9,12-13,18,20,31H,1-2,6-7,10-11,14H2,3H3;3H,1H2,2H3/b24-23-;. The van der Waals surface area contributed by atoms with Crippen molar-refractivity contribution in [2.45, 2.75) is 44.6 Å². The molecule has 0 bridgehead atoms. The molecule has 1 N–H and O–H groups in total. The molecule has 1 fully saturated rings. The monoisotopic (exact) mass is 504 g/mol. The van der Waals surface area contributed by atoms with Gasteiger partial charge in [-0.15, -0.1) is 6.58 Å². The first kappa shape index (κ1) is 28.9. The SMILES string of the molecule is C=C(COC1CCC(c2ccc(-c3ccc(O)cc3)c(F)c2F)CC1)/C(F)=C(/F)C(=C)OC.C=CC. The molecule has 3 rings (SSSR count). The molecule has 0 saturated heterocycles. The molecule has 7 heteroatoms. The van der Waals surface area contributed by atoms with Crippen LogP contribution < -0.4 is 0 Å². The molecule has 0 heterocycles. The van der Waals surface area contributed by atoms with E-state index in [-0.39, 0.29) is 35.5 Å². The second-order valence-corrected chi connectivity index (χ2v) is 8.43. The quantitative estimate of drug-likeness (QED) is 0.170. The maximum absolute atomic E-state index is 14.9. The molecular formula is C29H32F4O3. The highest BCUT2D eigenvalue weighted by Gasteiger charge is 2.27. The van der Waals surface area contributed by atoms with Gasteiger partial charge >= 0.3 is 0 Å². The molecule has 1 aliphatic carbocycles. The summed E-state index contributed by atoms with van der Waals surface area (Å²) in [6.07, 6.45) is 3.80. The van der Waals surface area contributed by atoms with Crippen molar-refractivity contribution < 1.29 is 32.1 Å².